The largest absolute Gasteiger partial charge is 0.280 e. The van der Waals surface area contributed by atoms with E-state index in [-0.39, 0.29) is 21.2 Å². The highest BCUT2D eigenvalue weighted by molar-refractivity contribution is 7.12. The fourth-order valence-corrected chi connectivity index (χ4v) is 4.94. The van der Waals surface area contributed by atoms with Gasteiger partial charge in [0.1, 0.15) is 18.7 Å². The number of halogens is 4. The van der Waals surface area contributed by atoms with Crippen molar-refractivity contribution in [3.63, 3.8) is 0 Å². The van der Waals surface area contributed by atoms with E-state index in [4.69, 9.17) is 46.4 Å². The highest BCUT2D eigenvalue weighted by atomic mass is 35.5. The number of aromatic nitrogens is 2. The first kappa shape index (κ1) is 20.3. The number of unbranched alkanes of at least 4 members (excludes halogenated alkanes) is 5. The average molecular weight is 450 g/mol. The molecule has 0 aliphatic rings. The zero-order valence-corrected chi connectivity index (χ0v) is 17.4. The summed E-state index contributed by atoms with van der Waals surface area (Å²) in [6, 6.07) is 0. The SMILES string of the molecule is O=c1c(Cl)c(Cl)sn1CCCCCCCCn1sc(Cl)c(Cl)c1=O. The molecule has 0 aliphatic heterocycles. The van der Waals surface area contributed by atoms with E-state index in [2.05, 4.69) is 0 Å². The van der Waals surface area contributed by atoms with Gasteiger partial charge in [-0.3, -0.25) is 17.5 Å². The quantitative estimate of drug-likeness (QED) is 0.455. The zero-order valence-electron chi connectivity index (χ0n) is 12.7. The first-order chi connectivity index (χ1) is 11.4. The summed E-state index contributed by atoms with van der Waals surface area (Å²) in [6.07, 6.45) is 6.09. The van der Waals surface area contributed by atoms with E-state index < -0.39 is 0 Å². The molecule has 134 valence electrons. The van der Waals surface area contributed by atoms with Gasteiger partial charge in [-0.2, -0.15) is 0 Å². The smallest absolute Gasteiger partial charge is 0.267 e. The maximum atomic E-state index is 11.7. The second-order valence-electron chi connectivity index (χ2n) is 5.29. The summed E-state index contributed by atoms with van der Waals surface area (Å²) >= 11 is 25.6. The zero-order chi connectivity index (χ0) is 17.7. The van der Waals surface area contributed by atoms with E-state index in [1.54, 1.807) is 7.91 Å². The van der Waals surface area contributed by atoms with Gasteiger partial charge in [0.15, 0.2) is 0 Å². The van der Waals surface area contributed by atoms with Crippen LogP contribution in [0.5, 0.6) is 0 Å². The van der Waals surface area contributed by atoms with Crippen molar-refractivity contribution >= 4 is 69.5 Å². The Kier molecular flexibility index (Phi) is 8.17. The second kappa shape index (κ2) is 9.64. The van der Waals surface area contributed by atoms with Crippen molar-refractivity contribution < 1.29 is 0 Å². The molecule has 2 aromatic rings. The Morgan fingerprint density at radius 3 is 1.25 bits per heavy atom. The summed E-state index contributed by atoms with van der Waals surface area (Å²) in [7, 11) is 0. The van der Waals surface area contributed by atoms with E-state index in [0.717, 1.165) is 38.5 Å². The molecule has 24 heavy (non-hydrogen) atoms. The Balaban J connectivity index is 1.58. The van der Waals surface area contributed by atoms with Crippen molar-refractivity contribution in [2.45, 2.75) is 51.6 Å². The lowest BCUT2D eigenvalue weighted by molar-refractivity contribution is 0.543. The maximum absolute atomic E-state index is 11.7. The predicted octanol–water partition coefficient (Wildman–Crippen LogP) is 5.79. The fourth-order valence-electron chi connectivity index (χ4n) is 2.26. The Hall–Kier alpha value is 0.0200. The molecule has 0 bridgehead atoms. The van der Waals surface area contributed by atoms with Gasteiger partial charge in [0, 0.05) is 13.1 Å². The number of hydrogen-bond donors (Lipinski definition) is 0. The number of hydrogen-bond acceptors (Lipinski definition) is 4. The lowest BCUT2D eigenvalue weighted by Crippen LogP contribution is -2.13. The summed E-state index contributed by atoms with van der Waals surface area (Å²) in [5.74, 6) is 0. The van der Waals surface area contributed by atoms with E-state index in [9.17, 15) is 9.59 Å². The highest BCUT2D eigenvalue weighted by Gasteiger charge is 2.11. The van der Waals surface area contributed by atoms with Gasteiger partial charge in [0.05, 0.1) is 0 Å². The van der Waals surface area contributed by atoms with E-state index in [1.165, 1.54) is 23.1 Å². The molecule has 0 N–H and O–H groups in total. The minimum atomic E-state index is -0.203. The number of nitrogens with zero attached hydrogens (tertiary/aromatic N) is 2. The van der Waals surface area contributed by atoms with Crippen LogP contribution in [0.3, 0.4) is 0 Å². The van der Waals surface area contributed by atoms with Crippen LogP contribution < -0.4 is 11.1 Å². The Morgan fingerprint density at radius 2 is 0.958 bits per heavy atom. The maximum Gasteiger partial charge on any atom is 0.280 e. The van der Waals surface area contributed by atoms with Gasteiger partial charge in [-0.15, -0.1) is 0 Å². The van der Waals surface area contributed by atoms with E-state index in [0.29, 0.717) is 21.8 Å². The molecule has 0 saturated carbocycles. The predicted molar refractivity (Wildman–Crippen MR) is 105 cm³/mol. The van der Waals surface area contributed by atoms with Crippen molar-refractivity contribution in [2.24, 2.45) is 0 Å². The van der Waals surface area contributed by atoms with Gasteiger partial charge in [0.25, 0.3) is 11.1 Å². The van der Waals surface area contributed by atoms with Crippen LogP contribution >= 0.6 is 69.5 Å². The minimum absolute atomic E-state index is 0.116. The van der Waals surface area contributed by atoms with Crippen molar-refractivity contribution in [2.75, 3.05) is 0 Å². The van der Waals surface area contributed by atoms with E-state index in [1.807, 2.05) is 0 Å². The lowest BCUT2D eigenvalue weighted by atomic mass is 10.1. The summed E-state index contributed by atoms with van der Waals surface area (Å²) in [6.45, 7) is 1.30. The molecule has 2 rings (SSSR count). The van der Waals surface area contributed by atoms with Crippen LogP contribution in [0.1, 0.15) is 38.5 Å². The molecule has 0 amide bonds. The Morgan fingerprint density at radius 1 is 0.625 bits per heavy atom. The number of aryl methyl sites for hydroxylation is 2. The van der Waals surface area contributed by atoms with Crippen molar-refractivity contribution in [3.8, 4) is 0 Å². The summed E-state index contributed by atoms with van der Waals surface area (Å²) in [5, 5.41) is 0.233. The topological polar surface area (TPSA) is 44.0 Å². The molecule has 0 unspecified atom stereocenters. The van der Waals surface area contributed by atoms with Crippen LogP contribution in [0.2, 0.25) is 18.7 Å². The minimum Gasteiger partial charge on any atom is -0.267 e. The summed E-state index contributed by atoms with van der Waals surface area (Å²) in [4.78, 5) is 23.4. The standard InChI is InChI=1S/C14H16Cl4N2O2S2/c15-9-11(17)23-19(13(9)21)7-5-3-1-2-4-6-8-20-14(22)10(16)12(18)24-20/h1-8H2. The van der Waals surface area contributed by atoms with Crippen molar-refractivity contribution in [1.29, 1.82) is 0 Å². The molecule has 0 fully saturated rings. The molecule has 0 radical (unpaired) electrons. The summed E-state index contributed by atoms with van der Waals surface area (Å²) < 4.78 is 3.90. The van der Waals surface area contributed by atoms with Gasteiger partial charge in [-0.25, -0.2) is 0 Å². The van der Waals surface area contributed by atoms with Crippen LogP contribution in [0, 0.1) is 0 Å². The van der Waals surface area contributed by atoms with Crippen molar-refractivity contribution in [3.05, 3.63) is 39.4 Å². The normalized spacial score (nSPS) is 11.3. The first-order valence-corrected chi connectivity index (χ1v) is 10.6. The van der Waals surface area contributed by atoms with Gasteiger partial charge in [-0.1, -0.05) is 72.1 Å². The molecule has 0 aliphatic carbocycles. The van der Waals surface area contributed by atoms with Crippen LogP contribution in [-0.2, 0) is 13.1 Å². The van der Waals surface area contributed by atoms with Crippen LogP contribution in [-0.4, -0.2) is 7.91 Å². The van der Waals surface area contributed by atoms with Gasteiger partial charge >= 0.3 is 0 Å². The average Bonchev–Trinajstić information content (AvgIpc) is 2.95. The van der Waals surface area contributed by atoms with E-state index >= 15 is 0 Å². The molecule has 0 spiro atoms. The molecule has 0 saturated heterocycles. The van der Waals surface area contributed by atoms with Gasteiger partial charge < -0.3 is 0 Å². The molecular formula is C14H16Cl4N2O2S2. The molecule has 2 heterocycles. The summed E-state index contributed by atoms with van der Waals surface area (Å²) in [5.41, 5.74) is -0.407. The first-order valence-electron chi connectivity index (χ1n) is 7.52. The molecule has 0 aromatic carbocycles. The molecular weight excluding hydrogens is 434 g/mol. The molecule has 4 nitrogen and oxygen atoms in total. The van der Waals surface area contributed by atoms with Crippen molar-refractivity contribution in [1.82, 2.24) is 7.91 Å². The molecule has 10 heteroatoms. The third-order valence-corrected chi connectivity index (χ3v) is 7.30. The van der Waals surface area contributed by atoms with Gasteiger partial charge in [-0.05, 0) is 35.9 Å². The lowest BCUT2D eigenvalue weighted by Gasteiger charge is -2.03. The number of rotatable bonds is 9. The molecule has 0 atom stereocenters. The Bertz CT molecular complexity index is 728. The van der Waals surface area contributed by atoms with Crippen LogP contribution in [0.4, 0.5) is 0 Å². The van der Waals surface area contributed by atoms with Crippen LogP contribution in [0.25, 0.3) is 0 Å². The third kappa shape index (κ3) is 5.26. The third-order valence-electron chi connectivity index (χ3n) is 3.53. The fraction of sp³-hybridized carbons (Fsp3) is 0.571. The van der Waals surface area contributed by atoms with Crippen LogP contribution in [0.15, 0.2) is 9.59 Å². The highest BCUT2D eigenvalue weighted by Crippen LogP contribution is 2.24. The Labute approximate surface area is 167 Å². The molecule has 2 aromatic heterocycles. The second-order valence-corrected chi connectivity index (χ2v) is 9.32. The van der Waals surface area contributed by atoms with Gasteiger partial charge in [0.2, 0.25) is 0 Å². The monoisotopic (exact) mass is 448 g/mol.